The highest BCUT2D eigenvalue weighted by atomic mass is 16.7. The maximum Gasteiger partial charge on any atom is 0.494 e. The summed E-state index contributed by atoms with van der Waals surface area (Å²) < 4.78 is 25.3. The van der Waals surface area contributed by atoms with Crippen molar-refractivity contribution < 1.29 is 18.6 Å². The minimum Gasteiger partial charge on any atom is -0.399 e. The van der Waals surface area contributed by atoms with Gasteiger partial charge in [-0.25, -0.2) is 0 Å². The Morgan fingerprint density at radius 2 is 0.853 bits per heavy atom. The molecule has 3 aliphatic rings. The Bertz CT molecular complexity index is 1090. The van der Waals surface area contributed by atoms with E-state index in [0.717, 1.165) is 10.9 Å². The van der Waals surface area contributed by atoms with Gasteiger partial charge in [0.25, 0.3) is 0 Å². The van der Waals surface area contributed by atoms with Gasteiger partial charge in [-0.2, -0.15) is 0 Å². The van der Waals surface area contributed by atoms with Crippen LogP contribution in [0, 0.1) is 0 Å². The van der Waals surface area contributed by atoms with Gasteiger partial charge < -0.3 is 18.6 Å². The summed E-state index contributed by atoms with van der Waals surface area (Å²) >= 11 is 0. The fraction of sp³-hybridized carbons (Fsp3) is 0.500. The molecule has 34 heavy (non-hydrogen) atoms. The van der Waals surface area contributed by atoms with Crippen LogP contribution >= 0.6 is 0 Å². The lowest BCUT2D eigenvalue weighted by molar-refractivity contribution is 0.00578. The lowest BCUT2D eigenvalue weighted by atomic mass is 9.77. The van der Waals surface area contributed by atoms with Gasteiger partial charge in [0.1, 0.15) is 0 Å². The summed E-state index contributed by atoms with van der Waals surface area (Å²) in [5.74, 6) is 0. The molecule has 6 heteroatoms. The number of hydrogen-bond acceptors (Lipinski definition) is 4. The number of hydrogen-bond donors (Lipinski definition) is 0. The molecule has 5 rings (SSSR count). The largest absolute Gasteiger partial charge is 0.494 e. The second-order valence-corrected chi connectivity index (χ2v) is 12.2. The zero-order valence-corrected chi connectivity index (χ0v) is 22.3. The molecule has 0 amide bonds. The van der Waals surface area contributed by atoms with Gasteiger partial charge in [-0.05, 0) is 108 Å². The normalized spacial score (nSPS) is 23.3. The first-order valence-electron chi connectivity index (χ1n) is 12.3. The molecule has 0 N–H and O–H groups in total. The summed E-state index contributed by atoms with van der Waals surface area (Å²) in [6.07, 6.45) is 0. The van der Waals surface area contributed by atoms with Crippen molar-refractivity contribution in [3.8, 4) is 11.1 Å². The maximum atomic E-state index is 6.34. The van der Waals surface area contributed by atoms with Crippen molar-refractivity contribution in [1.82, 2.24) is 0 Å². The van der Waals surface area contributed by atoms with Crippen LogP contribution in [-0.2, 0) is 18.6 Å². The van der Waals surface area contributed by atoms with Crippen molar-refractivity contribution in [2.24, 2.45) is 0 Å². The van der Waals surface area contributed by atoms with E-state index in [0.29, 0.717) is 0 Å². The molecule has 4 nitrogen and oxygen atoms in total. The Morgan fingerprint density at radius 1 is 0.529 bits per heavy atom. The van der Waals surface area contributed by atoms with Gasteiger partial charge in [-0.15, -0.1) is 0 Å². The summed E-state index contributed by atoms with van der Waals surface area (Å²) in [6, 6.07) is 13.2. The van der Waals surface area contributed by atoms with Crippen LogP contribution in [0.25, 0.3) is 16.7 Å². The van der Waals surface area contributed by atoms with Crippen LogP contribution in [0.4, 0.5) is 0 Å². The first-order chi connectivity index (χ1) is 15.6. The van der Waals surface area contributed by atoms with Gasteiger partial charge in [0.15, 0.2) is 0 Å². The van der Waals surface area contributed by atoms with E-state index in [4.69, 9.17) is 18.6 Å². The number of fused-ring (bicyclic) bond motifs is 3. The van der Waals surface area contributed by atoms with E-state index in [1.54, 1.807) is 0 Å². The van der Waals surface area contributed by atoms with E-state index in [2.05, 4.69) is 106 Å². The third-order valence-corrected chi connectivity index (χ3v) is 8.47. The van der Waals surface area contributed by atoms with E-state index in [-0.39, 0.29) is 36.6 Å². The van der Waals surface area contributed by atoms with E-state index in [1.165, 1.54) is 33.4 Å². The second kappa shape index (κ2) is 7.33. The molecule has 2 fully saturated rings. The third kappa shape index (κ3) is 3.45. The van der Waals surface area contributed by atoms with Gasteiger partial charge in [0, 0.05) is 0 Å². The molecule has 0 atom stereocenters. The van der Waals surface area contributed by atoms with Crippen LogP contribution in [0.1, 0.15) is 80.4 Å². The number of rotatable bonds is 2. The Kier molecular flexibility index (Phi) is 5.15. The summed E-state index contributed by atoms with van der Waals surface area (Å²) in [4.78, 5) is 0. The Labute approximate surface area is 205 Å². The Balaban J connectivity index is 1.54. The second-order valence-electron chi connectivity index (χ2n) is 12.2. The standard InChI is InChI=1S/C28H36B2O4/c1-17(2)24-22-15-18(29-31-25(3,4)26(5,6)32-29)11-13-20(22)21-14-12-19(16-23(21)24)30-33-27(7,8)28(9,10)34-30/h11-16H,1-10H3. The zero-order chi connectivity index (χ0) is 24.8. The molecule has 0 aromatic heterocycles. The van der Waals surface area contributed by atoms with Gasteiger partial charge in [-0.3, -0.25) is 0 Å². The van der Waals surface area contributed by atoms with Crippen molar-refractivity contribution in [2.45, 2.75) is 91.6 Å². The molecular weight excluding hydrogens is 422 g/mol. The predicted molar refractivity (Wildman–Crippen MR) is 141 cm³/mol. The van der Waals surface area contributed by atoms with Crippen LogP contribution in [0.3, 0.4) is 0 Å². The van der Waals surface area contributed by atoms with Crippen molar-refractivity contribution in [2.75, 3.05) is 0 Å². The van der Waals surface area contributed by atoms with Gasteiger partial charge in [0.05, 0.1) is 22.4 Å². The number of benzene rings is 2. The predicted octanol–water partition coefficient (Wildman–Crippen LogP) is 5.11. The fourth-order valence-corrected chi connectivity index (χ4v) is 4.94. The van der Waals surface area contributed by atoms with Crippen LogP contribution in [-0.4, -0.2) is 36.6 Å². The van der Waals surface area contributed by atoms with Crippen LogP contribution in [0.2, 0.25) is 0 Å². The highest BCUT2D eigenvalue weighted by molar-refractivity contribution is 6.62. The maximum absolute atomic E-state index is 6.34. The first-order valence-corrected chi connectivity index (χ1v) is 12.3. The minimum absolute atomic E-state index is 0.364. The third-order valence-electron chi connectivity index (χ3n) is 8.47. The van der Waals surface area contributed by atoms with Gasteiger partial charge in [-0.1, -0.05) is 42.0 Å². The average molecular weight is 458 g/mol. The van der Waals surface area contributed by atoms with Crippen molar-refractivity contribution in [3.63, 3.8) is 0 Å². The summed E-state index contributed by atoms with van der Waals surface area (Å²) in [6.45, 7) is 21.1. The molecule has 0 radical (unpaired) electrons. The number of allylic oxidation sites excluding steroid dienone is 1. The Hall–Kier alpha value is -1.85. The van der Waals surface area contributed by atoms with Crippen molar-refractivity contribution in [3.05, 3.63) is 53.1 Å². The molecule has 1 aliphatic carbocycles. The summed E-state index contributed by atoms with van der Waals surface area (Å²) in [5.41, 5.74) is 8.13. The van der Waals surface area contributed by atoms with E-state index in [1.807, 2.05) is 0 Å². The molecule has 2 saturated heterocycles. The zero-order valence-electron chi connectivity index (χ0n) is 22.3. The monoisotopic (exact) mass is 458 g/mol. The smallest absolute Gasteiger partial charge is 0.399 e. The topological polar surface area (TPSA) is 36.9 Å². The Morgan fingerprint density at radius 3 is 1.15 bits per heavy atom. The molecule has 0 bridgehead atoms. The first kappa shape index (κ1) is 23.9. The summed E-state index contributed by atoms with van der Waals surface area (Å²) in [5, 5.41) is 0. The molecule has 0 saturated carbocycles. The fourth-order valence-electron chi connectivity index (χ4n) is 4.94. The molecule has 2 aromatic rings. The van der Waals surface area contributed by atoms with Crippen LogP contribution in [0.15, 0.2) is 42.0 Å². The molecule has 178 valence electrons. The van der Waals surface area contributed by atoms with Gasteiger partial charge >= 0.3 is 14.2 Å². The van der Waals surface area contributed by atoms with Crippen molar-refractivity contribution in [1.29, 1.82) is 0 Å². The van der Waals surface area contributed by atoms with Crippen molar-refractivity contribution >= 4 is 30.7 Å². The van der Waals surface area contributed by atoms with Crippen LogP contribution < -0.4 is 10.9 Å². The van der Waals surface area contributed by atoms with E-state index < -0.39 is 0 Å². The SMILES string of the molecule is CC(C)=C1c2cc(B3OC(C)(C)C(C)(C)O3)ccc2-c2ccc(B3OC(C)(C)C(C)(C)O3)cc21. The molecule has 0 spiro atoms. The average Bonchev–Trinajstić information content (AvgIpc) is 3.24. The minimum atomic E-state index is -0.377. The van der Waals surface area contributed by atoms with Gasteiger partial charge in [0.2, 0.25) is 0 Å². The van der Waals surface area contributed by atoms with Crippen LogP contribution in [0.5, 0.6) is 0 Å². The molecule has 2 heterocycles. The highest BCUT2D eigenvalue weighted by Crippen LogP contribution is 2.46. The molecular formula is C28H36B2O4. The lowest BCUT2D eigenvalue weighted by Gasteiger charge is -2.32. The van der Waals surface area contributed by atoms with E-state index in [9.17, 15) is 0 Å². The molecule has 0 unspecified atom stereocenters. The molecule has 2 aromatic carbocycles. The lowest BCUT2D eigenvalue weighted by Crippen LogP contribution is -2.41. The highest BCUT2D eigenvalue weighted by Gasteiger charge is 2.53. The summed E-state index contributed by atoms with van der Waals surface area (Å²) in [7, 11) is -0.754. The molecule has 2 aliphatic heterocycles. The van der Waals surface area contributed by atoms with E-state index >= 15 is 0 Å². The quantitative estimate of drug-likeness (QED) is 0.501.